The molecule has 0 bridgehead atoms. The number of fused-ring (bicyclic) bond motifs is 1. The van der Waals surface area contributed by atoms with Gasteiger partial charge in [0, 0.05) is 19.5 Å². The van der Waals surface area contributed by atoms with Gasteiger partial charge in [0.2, 0.25) is 5.91 Å². The number of hydrogen-bond acceptors (Lipinski definition) is 2. The zero-order chi connectivity index (χ0) is 16.7. The van der Waals surface area contributed by atoms with Gasteiger partial charge in [-0.2, -0.15) is 0 Å². The molecule has 0 aliphatic carbocycles. The third-order valence-corrected chi connectivity index (χ3v) is 4.09. The van der Waals surface area contributed by atoms with Gasteiger partial charge in [-0.1, -0.05) is 12.2 Å². The molecule has 2 aliphatic heterocycles. The highest BCUT2D eigenvalue weighted by Crippen LogP contribution is 2.33. The number of carbonyl (C=O) groups is 2. The summed E-state index contributed by atoms with van der Waals surface area (Å²) in [5, 5.41) is 9.20. The molecule has 5 nitrogen and oxygen atoms in total. The molecule has 2 heterocycles. The molecule has 0 aromatic heterocycles. The molecule has 1 fully saturated rings. The van der Waals surface area contributed by atoms with Crippen LogP contribution in [-0.2, 0) is 4.79 Å². The van der Waals surface area contributed by atoms with Gasteiger partial charge in [-0.3, -0.25) is 4.79 Å². The van der Waals surface area contributed by atoms with Crippen molar-refractivity contribution >= 4 is 12.0 Å². The SMILES string of the molecule is O=C(O)N1CC(c2cc(F)c(F)c(F)c2)N2C(=O)CC=C[C@H]2C1. The van der Waals surface area contributed by atoms with E-state index in [4.69, 9.17) is 0 Å². The van der Waals surface area contributed by atoms with Crippen LogP contribution in [0.25, 0.3) is 0 Å². The summed E-state index contributed by atoms with van der Waals surface area (Å²) in [6, 6.07) is 0.225. The molecule has 2 atom stereocenters. The van der Waals surface area contributed by atoms with Crippen molar-refractivity contribution in [1.82, 2.24) is 9.80 Å². The predicted molar refractivity (Wildman–Crippen MR) is 73.0 cm³/mol. The van der Waals surface area contributed by atoms with E-state index in [2.05, 4.69) is 0 Å². The summed E-state index contributed by atoms with van der Waals surface area (Å²) >= 11 is 0. The smallest absolute Gasteiger partial charge is 0.407 e. The van der Waals surface area contributed by atoms with Crippen LogP contribution in [0.5, 0.6) is 0 Å². The molecule has 0 saturated carbocycles. The number of rotatable bonds is 1. The molecule has 122 valence electrons. The molecule has 8 heteroatoms. The van der Waals surface area contributed by atoms with Crippen LogP contribution < -0.4 is 0 Å². The zero-order valence-electron chi connectivity index (χ0n) is 11.9. The van der Waals surface area contributed by atoms with E-state index in [9.17, 15) is 27.9 Å². The molecule has 2 amide bonds. The summed E-state index contributed by atoms with van der Waals surface area (Å²) in [5.41, 5.74) is 0.0287. The highest BCUT2D eigenvalue weighted by molar-refractivity contribution is 5.80. The number of carbonyl (C=O) groups excluding carboxylic acids is 1. The second kappa shape index (κ2) is 5.60. The first kappa shape index (κ1) is 15.4. The third-order valence-electron chi connectivity index (χ3n) is 4.09. The lowest BCUT2D eigenvalue weighted by atomic mass is 9.95. The number of carboxylic acid groups (broad SMARTS) is 1. The summed E-state index contributed by atoms with van der Waals surface area (Å²) in [5.74, 6) is -4.60. The van der Waals surface area contributed by atoms with Crippen LogP contribution in [0.2, 0.25) is 0 Å². The van der Waals surface area contributed by atoms with Crippen LogP contribution in [0.3, 0.4) is 0 Å². The maximum Gasteiger partial charge on any atom is 0.407 e. The molecule has 1 aromatic carbocycles. The van der Waals surface area contributed by atoms with E-state index < -0.39 is 35.6 Å². The summed E-state index contributed by atoms with van der Waals surface area (Å²) in [7, 11) is 0. The Morgan fingerprint density at radius 3 is 2.43 bits per heavy atom. The minimum atomic E-state index is -1.60. The van der Waals surface area contributed by atoms with Gasteiger partial charge >= 0.3 is 6.09 Å². The Morgan fingerprint density at radius 2 is 1.83 bits per heavy atom. The molecule has 0 spiro atoms. The molecule has 3 rings (SSSR count). The minimum absolute atomic E-state index is 0.0287. The number of nitrogens with zero attached hydrogens (tertiary/aromatic N) is 2. The summed E-state index contributed by atoms with van der Waals surface area (Å²) in [4.78, 5) is 25.9. The summed E-state index contributed by atoms with van der Waals surface area (Å²) in [6.07, 6.45) is 2.27. The standard InChI is InChI=1S/C15H13F3N2O3/c16-10-4-8(5-11(17)14(10)18)12-7-19(15(22)23)6-9-2-1-3-13(21)20(9)12/h1-2,4-5,9,12H,3,6-7H2,(H,22,23)/t9-,12?/m0/s1. The first-order chi connectivity index (χ1) is 10.9. The fraction of sp³-hybridized carbons (Fsp3) is 0.333. The van der Waals surface area contributed by atoms with Gasteiger partial charge in [0.15, 0.2) is 17.5 Å². The monoisotopic (exact) mass is 326 g/mol. The maximum absolute atomic E-state index is 13.5. The Bertz CT molecular complexity index is 684. The number of benzene rings is 1. The average molecular weight is 326 g/mol. The van der Waals surface area contributed by atoms with Crippen molar-refractivity contribution in [2.45, 2.75) is 18.5 Å². The van der Waals surface area contributed by atoms with Crippen molar-refractivity contribution in [2.75, 3.05) is 13.1 Å². The van der Waals surface area contributed by atoms with Gasteiger partial charge in [-0.05, 0) is 17.7 Å². The summed E-state index contributed by atoms with van der Waals surface area (Å²) in [6.45, 7) is -0.0455. The van der Waals surface area contributed by atoms with Crippen molar-refractivity contribution in [3.05, 3.63) is 47.3 Å². The van der Waals surface area contributed by atoms with Crippen molar-refractivity contribution < 1.29 is 27.9 Å². The largest absolute Gasteiger partial charge is 0.465 e. The van der Waals surface area contributed by atoms with Gasteiger partial charge in [0.1, 0.15) is 0 Å². The van der Waals surface area contributed by atoms with Crippen molar-refractivity contribution in [1.29, 1.82) is 0 Å². The van der Waals surface area contributed by atoms with Gasteiger partial charge in [-0.15, -0.1) is 0 Å². The molecule has 1 unspecified atom stereocenters. The second-order valence-electron chi connectivity index (χ2n) is 5.50. The number of piperazine rings is 1. The molecule has 1 N–H and O–H groups in total. The van der Waals surface area contributed by atoms with E-state index in [1.54, 1.807) is 12.2 Å². The lowest BCUT2D eigenvalue weighted by Crippen LogP contribution is -2.58. The van der Waals surface area contributed by atoms with Crippen LogP contribution in [0.4, 0.5) is 18.0 Å². The average Bonchev–Trinajstić information content (AvgIpc) is 2.51. The van der Waals surface area contributed by atoms with E-state index in [0.717, 1.165) is 17.0 Å². The normalized spacial score (nSPS) is 23.9. The topological polar surface area (TPSA) is 60.9 Å². The van der Waals surface area contributed by atoms with Gasteiger partial charge in [-0.25, -0.2) is 18.0 Å². The molecule has 1 aromatic rings. The van der Waals surface area contributed by atoms with Gasteiger partial charge in [0.05, 0.1) is 12.1 Å². The molecular formula is C15H13F3N2O3. The van der Waals surface area contributed by atoms with E-state index in [1.165, 1.54) is 4.90 Å². The highest BCUT2D eigenvalue weighted by Gasteiger charge is 2.40. The highest BCUT2D eigenvalue weighted by atomic mass is 19.2. The Morgan fingerprint density at radius 1 is 1.17 bits per heavy atom. The van der Waals surface area contributed by atoms with Gasteiger partial charge < -0.3 is 14.9 Å². The maximum atomic E-state index is 13.5. The number of amides is 2. The Hall–Kier alpha value is -2.51. The van der Waals surface area contributed by atoms with Crippen molar-refractivity contribution in [2.24, 2.45) is 0 Å². The zero-order valence-corrected chi connectivity index (χ0v) is 11.9. The van der Waals surface area contributed by atoms with Crippen LogP contribution in [-0.4, -0.2) is 46.0 Å². The molecule has 1 saturated heterocycles. The minimum Gasteiger partial charge on any atom is -0.465 e. The van der Waals surface area contributed by atoms with Gasteiger partial charge in [0.25, 0.3) is 0 Å². The van der Waals surface area contributed by atoms with Crippen LogP contribution >= 0.6 is 0 Å². The fourth-order valence-electron chi connectivity index (χ4n) is 3.05. The molecule has 2 aliphatic rings. The summed E-state index contributed by atoms with van der Waals surface area (Å²) < 4.78 is 40.2. The number of hydrogen-bond donors (Lipinski definition) is 1. The molecular weight excluding hydrogens is 313 g/mol. The molecule has 0 radical (unpaired) electrons. The Labute approximate surface area is 129 Å². The fourth-order valence-corrected chi connectivity index (χ4v) is 3.05. The van der Waals surface area contributed by atoms with E-state index in [0.29, 0.717) is 0 Å². The van der Waals surface area contributed by atoms with E-state index >= 15 is 0 Å². The molecule has 23 heavy (non-hydrogen) atoms. The quantitative estimate of drug-likeness (QED) is 0.636. The van der Waals surface area contributed by atoms with Crippen molar-refractivity contribution in [3.63, 3.8) is 0 Å². The van der Waals surface area contributed by atoms with Crippen LogP contribution in [0.15, 0.2) is 24.3 Å². The van der Waals surface area contributed by atoms with Crippen LogP contribution in [0, 0.1) is 17.5 Å². The van der Waals surface area contributed by atoms with Crippen molar-refractivity contribution in [3.8, 4) is 0 Å². The first-order valence-corrected chi connectivity index (χ1v) is 6.98. The van der Waals surface area contributed by atoms with Crippen LogP contribution in [0.1, 0.15) is 18.0 Å². The third kappa shape index (κ3) is 2.64. The van der Waals surface area contributed by atoms with E-state index in [1.807, 2.05) is 0 Å². The lowest BCUT2D eigenvalue weighted by molar-refractivity contribution is -0.138. The Kier molecular flexibility index (Phi) is 3.75. The first-order valence-electron chi connectivity index (χ1n) is 6.98. The second-order valence-corrected chi connectivity index (χ2v) is 5.50. The van der Waals surface area contributed by atoms with E-state index in [-0.39, 0.29) is 31.0 Å². The number of halogens is 3. The lowest BCUT2D eigenvalue weighted by Gasteiger charge is -2.46. The predicted octanol–water partition coefficient (Wildman–Crippen LogP) is 2.30. The Balaban J connectivity index is 2.04.